The fourth-order valence-electron chi connectivity index (χ4n) is 4.27. The molecule has 0 aliphatic carbocycles. The Kier molecular flexibility index (Phi) is 8.27. The predicted octanol–water partition coefficient (Wildman–Crippen LogP) is 6.32. The Morgan fingerprint density at radius 3 is 1.65 bits per heavy atom. The number of rotatable bonds is 6. The lowest BCUT2D eigenvalue weighted by molar-refractivity contribution is -0.385. The van der Waals surface area contributed by atoms with Crippen LogP contribution < -0.4 is 16.0 Å². The van der Waals surface area contributed by atoms with Gasteiger partial charge in [-0.1, -0.05) is 18.2 Å². The fourth-order valence-corrected chi connectivity index (χ4v) is 4.99. The molecule has 3 aromatic rings. The van der Waals surface area contributed by atoms with E-state index in [9.17, 15) is 19.7 Å². The highest BCUT2D eigenvalue weighted by molar-refractivity contribution is 14.1. The summed E-state index contributed by atoms with van der Waals surface area (Å²) in [6.45, 7) is 3.45. The molecule has 0 aromatic heterocycles. The molecule has 0 atom stereocenters. The minimum Gasteiger partial charge on any atom is -0.362 e. The van der Waals surface area contributed by atoms with Crippen molar-refractivity contribution in [1.29, 1.82) is 0 Å². The van der Waals surface area contributed by atoms with Crippen LogP contribution in [0.25, 0.3) is 0 Å². The molecular formula is C27H22I2N4O4. The number of hydrogen-bond donors (Lipinski definition) is 3. The molecule has 3 N–H and O–H groups in total. The maximum atomic E-state index is 13.7. The van der Waals surface area contributed by atoms with Gasteiger partial charge in [0.05, 0.1) is 10.8 Å². The van der Waals surface area contributed by atoms with E-state index in [-0.39, 0.29) is 22.4 Å². The molecule has 188 valence electrons. The maximum absolute atomic E-state index is 13.7. The summed E-state index contributed by atoms with van der Waals surface area (Å²) in [6, 6.07) is 20.7. The third kappa shape index (κ3) is 6.01. The quantitative estimate of drug-likeness (QED) is 0.157. The zero-order valence-corrected chi connectivity index (χ0v) is 24.2. The number of benzene rings is 3. The third-order valence-electron chi connectivity index (χ3n) is 5.90. The number of para-hydroxylation sites is 1. The molecule has 37 heavy (non-hydrogen) atoms. The number of anilines is 2. The first-order valence-electron chi connectivity index (χ1n) is 11.2. The lowest BCUT2D eigenvalue weighted by Crippen LogP contribution is -2.35. The van der Waals surface area contributed by atoms with Crippen molar-refractivity contribution in [2.24, 2.45) is 0 Å². The highest BCUT2D eigenvalue weighted by Crippen LogP contribution is 2.42. The minimum atomic E-state index is -0.976. The maximum Gasteiger partial charge on any atom is 0.273 e. The van der Waals surface area contributed by atoms with E-state index in [1.54, 1.807) is 56.3 Å². The van der Waals surface area contributed by atoms with Crippen molar-refractivity contribution in [3.05, 3.63) is 118 Å². The van der Waals surface area contributed by atoms with E-state index in [4.69, 9.17) is 0 Å². The number of dihydropyridines is 1. The Morgan fingerprint density at radius 1 is 0.784 bits per heavy atom. The van der Waals surface area contributed by atoms with E-state index in [0.29, 0.717) is 22.8 Å². The van der Waals surface area contributed by atoms with Crippen molar-refractivity contribution in [1.82, 2.24) is 5.32 Å². The van der Waals surface area contributed by atoms with Gasteiger partial charge < -0.3 is 16.0 Å². The summed E-state index contributed by atoms with van der Waals surface area (Å²) in [5.74, 6) is -1.89. The first-order valence-corrected chi connectivity index (χ1v) is 13.4. The van der Waals surface area contributed by atoms with Crippen molar-refractivity contribution >= 4 is 74.1 Å². The first-order chi connectivity index (χ1) is 17.7. The molecule has 0 saturated heterocycles. The second-order valence-corrected chi connectivity index (χ2v) is 10.9. The summed E-state index contributed by atoms with van der Waals surface area (Å²) in [5, 5.41) is 20.9. The number of carbonyl (C=O) groups excluding carboxylic acids is 2. The first kappa shape index (κ1) is 26.8. The van der Waals surface area contributed by atoms with Gasteiger partial charge in [0.25, 0.3) is 17.5 Å². The number of nitrogens with zero attached hydrogens (tertiary/aromatic N) is 1. The molecule has 0 spiro atoms. The Morgan fingerprint density at radius 2 is 1.22 bits per heavy atom. The lowest BCUT2D eigenvalue weighted by atomic mass is 9.79. The van der Waals surface area contributed by atoms with Crippen LogP contribution in [0.3, 0.4) is 0 Å². The number of carbonyl (C=O) groups is 2. The van der Waals surface area contributed by atoms with Gasteiger partial charge in [0.15, 0.2) is 0 Å². The molecule has 0 radical (unpaired) electrons. The summed E-state index contributed by atoms with van der Waals surface area (Å²) in [7, 11) is 0. The number of hydrogen-bond acceptors (Lipinski definition) is 5. The number of halogens is 2. The summed E-state index contributed by atoms with van der Waals surface area (Å²) in [6.07, 6.45) is 0. The third-order valence-corrected chi connectivity index (χ3v) is 7.34. The van der Waals surface area contributed by atoms with E-state index in [1.165, 1.54) is 6.07 Å². The fraction of sp³-hybridized carbons (Fsp3) is 0.111. The molecule has 2 amide bonds. The Balaban J connectivity index is 1.82. The molecule has 0 unspecified atom stereocenters. The lowest BCUT2D eigenvalue weighted by Gasteiger charge is -2.31. The highest BCUT2D eigenvalue weighted by Gasteiger charge is 2.39. The van der Waals surface area contributed by atoms with Crippen molar-refractivity contribution in [2.45, 2.75) is 19.8 Å². The Hall–Kier alpha value is -3.26. The molecular weight excluding hydrogens is 698 g/mol. The Labute approximate surface area is 241 Å². The minimum absolute atomic E-state index is 0.172. The highest BCUT2D eigenvalue weighted by atomic mass is 127. The van der Waals surface area contributed by atoms with Gasteiger partial charge in [0.1, 0.15) is 0 Å². The largest absolute Gasteiger partial charge is 0.362 e. The van der Waals surface area contributed by atoms with Gasteiger partial charge in [-0.25, -0.2) is 0 Å². The molecule has 4 rings (SSSR count). The molecule has 1 aliphatic heterocycles. The van der Waals surface area contributed by atoms with Crippen molar-refractivity contribution in [3.63, 3.8) is 0 Å². The number of nitro benzene ring substituents is 1. The van der Waals surface area contributed by atoms with Gasteiger partial charge in [-0.2, -0.15) is 0 Å². The number of allylic oxidation sites excluding steroid dienone is 2. The van der Waals surface area contributed by atoms with Crippen LogP contribution in [0.1, 0.15) is 25.3 Å². The van der Waals surface area contributed by atoms with Crippen LogP contribution in [-0.2, 0) is 9.59 Å². The van der Waals surface area contributed by atoms with Crippen LogP contribution in [0.15, 0.2) is 95.3 Å². The van der Waals surface area contributed by atoms with Crippen molar-refractivity contribution in [2.75, 3.05) is 10.6 Å². The van der Waals surface area contributed by atoms with Crippen LogP contribution in [0.5, 0.6) is 0 Å². The van der Waals surface area contributed by atoms with Crippen molar-refractivity contribution in [3.8, 4) is 0 Å². The molecule has 0 bridgehead atoms. The van der Waals surface area contributed by atoms with Gasteiger partial charge in [0.2, 0.25) is 0 Å². The standard InChI is InChI=1S/C27H22I2N4O4/c1-15-23(26(34)31-19-11-7-17(28)8-12-19)25(21-5-3-4-6-22(21)33(36)37)24(16(2)30-15)27(35)32-20-13-9-18(29)10-14-20/h3-14,25,30H,1-2H3,(H,31,34)(H,32,35). The summed E-state index contributed by atoms with van der Waals surface area (Å²) < 4.78 is 2.02. The Bertz CT molecular complexity index is 1370. The van der Waals surface area contributed by atoms with Crippen LogP contribution in [-0.4, -0.2) is 16.7 Å². The summed E-state index contributed by atoms with van der Waals surface area (Å²) in [4.78, 5) is 38.8. The normalized spacial score (nSPS) is 13.7. The van der Waals surface area contributed by atoms with Gasteiger partial charge in [-0.3, -0.25) is 19.7 Å². The predicted molar refractivity (Wildman–Crippen MR) is 160 cm³/mol. The van der Waals surface area contributed by atoms with Gasteiger partial charge in [-0.15, -0.1) is 0 Å². The summed E-state index contributed by atoms with van der Waals surface area (Å²) >= 11 is 4.35. The van der Waals surface area contributed by atoms with Crippen LogP contribution in [0.4, 0.5) is 17.1 Å². The van der Waals surface area contributed by atoms with Gasteiger partial charge >= 0.3 is 0 Å². The molecule has 3 aromatic carbocycles. The number of nitrogens with one attached hydrogen (secondary N) is 3. The van der Waals surface area contributed by atoms with Gasteiger partial charge in [0, 0.05) is 52.7 Å². The molecule has 10 heteroatoms. The van der Waals surface area contributed by atoms with E-state index in [1.807, 2.05) is 24.3 Å². The van der Waals surface area contributed by atoms with Crippen LogP contribution in [0.2, 0.25) is 0 Å². The molecule has 0 fully saturated rings. The van der Waals surface area contributed by atoms with Gasteiger partial charge in [-0.05, 0) is 108 Å². The smallest absolute Gasteiger partial charge is 0.273 e. The van der Waals surface area contributed by atoms with E-state index in [0.717, 1.165) is 7.14 Å². The molecule has 0 saturated carbocycles. The van der Waals surface area contributed by atoms with Crippen LogP contribution >= 0.6 is 45.2 Å². The van der Waals surface area contributed by atoms with E-state index < -0.39 is 22.7 Å². The van der Waals surface area contributed by atoms with E-state index >= 15 is 0 Å². The SMILES string of the molecule is CC1=C(C(=O)Nc2ccc(I)cc2)C(c2ccccc2[N+](=O)[O-])C(C(=O)Nc2ccc(I)cc2)=C(C)N1. The van der Waals surface area contributed by atoms with Crippen molar-refractivity contribution < 1.29 is 14.5 Å². The number of amides is 2. The average Bonchev–Trinajstić information content (AvgIpc) is 2.86. The van der Waals surface area contributed by atoms with E-state index in [2.05, 4.69) is 61.1 Å². The van der Waals surface area contributed by atoms with Crippen LogP contribution in [0, 0.1) is 17.3 Å². The molecule has 1 aliphatic rings. The monoisotopic (exact) mass is 720 g/mol. The number of nitro groups is 1. The molecule has 1 heterocycles. The topological polar surface area (TPSA) is 113 Å². The zero-order valence-electron chi connectivity index (χ0n) is 19.8. The second-order valence-electron chi connectivity index (χ2n) is 8.37. The average molecular weight is 720 g/mol. The summed E-state index contributed by atoms with van der Waals surface area (Å²) in [5.41, 5.74) is 2.70. The zero-order chi connectivity index (χ0) is 26.7. The second kappa shape index (κ2) is 11.4. The molecule has 8 nitrogen and oxygen atoms in total.